The van der Waals surface area contributed by atoms with E-state index in [0.717, 1.165) is 19.2 Å². The van der Waals surface area contributed by atoms with Crippen LogP contribution in [-0.4, -0.2) is 18.9 Å². The third-order valence-electron chi connectivity index (χ3n) is 2.25. The highest BCUT2D eigenvalue weighted by atomic mass is 79.9. The van der Waals surface area contributed by atoms with Crippen LogP contribution in [0.1, 0.15) is 17.3 Å². The lowest BCUT2D eigenvalue weighted by Gasteiger charge is -2.10. The zero-order valence-electron chi connectivity index (χ0n) is 9.09. The van der Waals surface area contributed by atoms with Crippen LogP contribution in [0.5, 0.6) is 0 Å². The van der Waals surface area contributed by atoms with Crippen molar-refractivity contribution in [2.24, 2.45) is 5.92 Å². The van der Waals surface area contributed by atoms with Crippen LogP contribution < -0.4 is 0 Å². The zero-order chi connectivity index (χ0) is 13.2. The molecule has 0 spiro atoms. The van der Waals surface area contributed by atoms with E-state index in [1.165, 1.54) is 6.92 Å². The number of hydrogen-bond acceptors (Lipinski definition) is 3. The molecule has 0 saturated carbocycles. The van der Waals surface area contributed by atoms with E-state index in [0.29, 0.717) is 0 Å². The molecular formula is C11H9BrF2O3. The molecule has 0 aromatic heterocycles. The molecule has 0 N–H and O–H groups in total. The zero-order valence-corrected chi connectivity index (χ0v) is 10.7. The van der Waals surface area contributed by atoms with E-state index in [2.05, 4.69) is 20.7 Å². The third-order valence-corrected chi connectivity index (χ3v) is 3.02. The predicted molar refractivity (Wildman–Crippen MR) is 59.6 cm³/mol. The number of benzene rings is 1. The SMILES string of the molecule is COC(=O)C(C)C(=O)c1ccc(F)c(F)c1Br. The van der Waals surface area contributed by atoms with E-state index in [1.54, 1.807) is 0 Å². The first-order valence-corrected chi connectivity index (χ1v) is 5.45. The van der Waals surface area contributed by atoms with Crippen LogP contribution in [0.25, 0.3) is 0 Å². The molecule has 0 heterocycles. The summed E-state index contributed by atoms with van der Waals surface area (Å²) < 4.78 is 30.2. The van der Waals surface area contributed by atoms with Crippen LogP contribution >= 0.6 is 15.9 Å². The molecule has 0 saturated heterocycles. The van der Waals surface area contributed by atoms with Gasteiger partial charge in [-0.2, -0.15) is 0 Å². The molecule has 1 aromatic rings. The van der Waals surface area contributed by atoms with Crippen LogP contribution in [-0.2, 0) is 9.53 Å². The molecule has 0 aliphatic rings. The van der Waals surface area contributed by atoms with Gasteiger partial charge < -0.3 is 4.74 Å². The van der Waals surface area contributed by atoms with Crippen molar-refractivity contribution in [1.82, 2.24) is 0 Å². The van der Waals surface area contributed by atoms with Crippen molar-refractivity contribution in [3.05, 3.63) is 33.8 Å². The number of Topliss-reactive ketones (excluding diaryl/α,β-unsaturated/α-hetero) is 1. The van der Waals surface area contributed by atoms with Gasteiger partial charge in [0.1, 0.15) is 5.92 Å². The average molecular weight is 307 g/mol. The molecule has 0 radical (unpaired) electrons. The van der Waals surface area contributed by atoms with Crippen LogP contribution in [0.4, 0.5) is 8.78 Å². The predicted octanol–water partition coefficient (Wildman–Crippen LogP) is 2.72. The minimum atomic E-state index is -1.16. The highest BCUT2D eigenvalue weighted by molar-refractivity contribution is 9.10. The molecule has 6 heteroatoms. The van der Waals surface area contributed by atoms with Gasteiger partial charge in [-0.3, -0.25) is 9.59 Å². The van der Waals surface area contributed by atoms with Gasteiger partial charge in [0.05, 0.1) is 11.6 Å². The van der Waals surface area contributed by atoms with E-state index in [1.807, 2.05) is 0 Å². The molecule has 0 aliphatic carbocycles. The number of methoxy groups -OCH3 is 1. The summed E-state index contributed by atoms with van der Waals surface area (Å²) in [5, 5.41) is 0. The minimum absolute atomic E-state index is 0.0956. The van der Waals surface area contributed by atoms with Gasteiger partial charge in [-0.15, -0.1) is 0 Å². The largest absolute Gasteiger partial charge is 0.468 e. The Labute approximate surface area is 105 Å². The monoisotopic (exact) mass is 306 g/mol. The summed E-state index contributed by atoms with van der Waals surface area (Å²) in [6, 6.07) is 1.95. The third kappa shape index (κ3) is 2.69. The molecule has 0 fully saturated rings. The Bertz CT molecular complexity index is 474. The van der Waals surface area contributed by atoms with Crippen molar-refractivity contribution < 1.29 is 23.1 Å². The van der Waals surface area contributed by atoms with Crippen molar-refractivity contribution >= 4 is 27.7 Å². The van der Waals surface area contributed by atoms with E-state index < -0.39 is 29.3 Å². The normalized spacial score (nSPS) is 12.1. The number of ether oxygens (including phenoxy) is 1. The lowest BCUT2D eigenvalue weighted by molar-refractivity contribution is -0.143. The number of carbonyl (C=O) groups is 2. The standard InChI is InChI=1S/C11H9BrF2O3/c1-5(11(16)17-2)10(15)6-3-4-7(13)9(14)8(6)12/h3-5H,1-2H3. The molecule has 92 valence electrons. The average Bonchev–Trinajstić information content (AvgIpc) is 2.33. The molecule has 1 unspecified atom stereocenters. The van der Waals surface area contributed by atoms with Crippen LogP contribution in [0.15, 0.2) is 16.6 Å². The fraction of sp³-hybridized carbons (Fsp3) is 0.273. The Hall–Kier alpha value is -1.30. The summed E-state index contributed by atoms with van der Waals surface area (Å²) in [7, 11) is 1.15. The molecule has 1 atom stereocenters. The number of ketones is 1. The van der Waals surface area contributed by atoms with E-state index in [9.17, 15) is 18.4 Å². The van der Waals surface area contributed by atoms with Gasteiger partial charge in [0.25, 0.3) is 0 Å². The molecular weight excluding hydrogens is 298 g/mol. The number of halogens is 3. The fourth-order valence-corrected chi connectivity index (χ4v) is 1.75. The first-order chi connectivity index (χ1) is 7.90. The van der Waals surface area contributed by atoms with Crippen LogP contribution in [0, 0.1) is 17.6 Å². The van der Waals surface area contributed by atoms with Crippen molar-refractivity contribution in [3.8, 4) is 0 Å². The second-order valence-electron chi connectivity index (χ2n) is 3.33. The van der Waals surface area contributed by atoms with Gasteiger partial charge in [0.15, 0.2) is 17.4 Å². The first-order valence-electron chi connectivity index (χ1n) is 4.65. The number of esters is 1. The van der Waals surface area contributed by atoms with Crippen molar-refractivity contribution in [1.29, 1.82) is 0 Å². The smallest absolute Gasteiger partial charge is 0.316 e. The molecule has 17 heavy (non-hydrogen) atoms. The quantitative estimate of drug-likeness (QED) is 0.373. The van der Waals surface area contributed by atoms with Gasteiger partial charge in [-0.25, -0.2) is 8.78 Å². The second kappa shape index (κ2) is 5.35. The Morgan fingerprint density at radius 2 is 1.94 bits per heavy atom. The number of rotatable bonds is 3. The molecule has 1 aromatic carbocycles. The summed E-state index contributed by atoms with van der Waals surface area (Å²) in [6.45, 7) is 1.34. The Morgan fingerprint density at radius 3 is 2.47 bits per heavy atom. The Balaban J connectivity index is 3.14. The maximum atomic E-state index is 13.2. The van der Waals surface area contributed by atoms with Gasteiger partial charge in [0.2, 0.25) is 0 Å². The molecule has 3 nitrogen and oxygen atoms in total. The van der Waals surface area contributed by atoms with E-state index in [4.69, 9.17) is 0 Å². The highest BCUT2D eigenvalue weighted by Gasteiger charge is 2.26. The van der Waals surface area contributed by atoms with Crippen LogP contribution in [0.2, 0.25) is 0 Å². The molecule has 0 aliphatic heterocycles. The van der Waals surface area contributed by atoms with Gasteiger partial charge in [-0.05, 0) is 35.0 Å². The highest BCUT2D eigenvalue weighted by Crippen LogP contribution is 2.25. The summed E-state index contributed by atoms with van der Waals surface area (Å²) in [4.78, 5) is 23.0. The van der Waals surface area contributed by atoms with Crippen molar-refractivity contribution in [3.63, 3.8) is 0 Å². The molecule has 0 amide bonds. The molecule has 1 rings (SSSR count). The summed E-state index contributed by atoms with van der Waals surface area (Å²) in [5.41, 5.74) is -0.0956. The maximum absolute atomic E-state index is 13.2. The topological polar surface area (TPSA) is 43.4 Å². The van der Waals surface area contributed by atoms with Gasteiger partial charge in [-0.1, -0.05) is 0 Å². The van der Waals surface area contributed by atoms with E-state index >= 15 is 0 Å². The maximum Gasteiger partial charge on any atom is 0.316 e. The Kier molecular flexibility index (Phi) is 4.34. The lowest BCUT2D eigenvalue weighted by Crippen LogP contribution is -2.23. The summed E-state index contributed by atoms with van der Waals surface area (Å²) in [6.07, 6.45) is 0. The first kappa shape index (κ1) is 13.8. The number of hydrogen-bond donors (Lipinski definition) is 0. The second-order valence-corrected chi connectivity index (χ2v) is 4.13. The lowest BCUT2D eigenvalue weighted by atomic mass is 9.99. The van der Waals surface area contributed by atoms with Gasteiger partial charge in [0, 0.05) is 5.56 Å². The minimum Gasteiger partial charge on any atom is -0.468 e. The van der Waals surface area contributed by atoms with Crippen molar-refractivity contribution in [2.45, 2.75) is 6.92 Å². The van der Waals surface area contributed by atoms with Crippen molar-refractivity contribution in [2.75, 3.05) is 7.11 Å². The summed E-state index contributed by atoms with van der Waals surface area (Å²) in [5.74, 6) is -4.66. The number of carbonyl (C=O) groups excluding carboxylic acids is 2. The van der Waals surface area contributed by atoms with Gasteiger partial charge >= 0.3 is 5.97 Å². The van der Waals surface area contributed by atoms with Crippen LogP contribution in [0.3, 0.4) is 0 Å². The summed E-state index contributed by atoms with van der Waals surface area (Å²) >= 11 is 2.78. The fourth-order valence-electron chi connectivity index (χ4n) is 1.23. The Morgan fingerprint density at radius 1 is 1.35 bits per heavy atom. The van der Waals surface area contributed by atoms with E-state index in [-0.39, 0.29) is 10.0 Å². The molecule has 0 bridgehead atoms.